The van der Waals surface area contributed by atoms with Gasteiger partial charge in [-0.1, -0.05) is 73.7 Å². The molecule has 1 unspecified atom stereocenters. The maximum Gasteiger partial charge on any atom is 0.243 e. The number of nitrogens with one attached hydrogen (secondary N) is 1. The van der Waals surface area contributed by atoms with Crippen LogP contribution in [0.3, 0.4) is 0 Å². The SMILES string of the molecule is CCC(C(=O)NC1CCCCC1)N(Cc1ccc(Cl)c(Cl)c1)C(=O)CCCN(c1ccccc1)S(C)(=O)=O. The van der Waals surface area contributed by atoms with E-state index >= 15 is 0 Å². The molecule has 0 spiro atoms. The zero-order valence-corrected chi connectivity index (χ0v) is 24.4. The van der Waals surface area contributed by atoms with Gasteiger partial charge in [-0.25, -0.2) is 8.42 Å². The van der Waals surface area contributed by atoms with Gasteiger partial charge >= 0.3 is 0 Å². The summed E-state index contributed by atoms with van der Waals surface area (Å²) in [4.78, 5) is 28.5. The third-order valence-electron chi connectivity index (χ3n) is 6.87. The molecule has 1 atom stereocenters. The third kappa shape index (κ3) is 8.61. The van der Waals surface area contributed by atoms with Crippen LogP contribution >= 0.6 is 23.2 Å². The van der Waals surface area contributed by atoms with E-state index in [1.54, 1.807) is 47.4 Å². The summed E-state index contributed by atoms with van der Waals surface area (Å²) in [5.41, 5.74) is 1.31. The average molecular weight is 583 g/mol. The van der Waals surface area contributed by atoms with E-state index in [0.29, 0.717) is 28.6 Å². The summed E-state index contributed by atoms with van der Waals surface area (Å²) in [6.07, 6.45) is 7.25. The topological polar surface area (TPSA) is 86.8 Å². The van der Waals surface area contributed by atoms with Crippen LogP contribution < -0.4 is 9.62 Å². The fourth-order valence-corrected chi connectivity index (χ4v) is 6.18. The van der Waals surface area contributed by atoms with Gasteiger partial charge in [-0.15, -0.1) is 0 Å². The Kier molecular flexibility index (Phi) is 11.3. The molecule has 2 aromatic carbocycles. The molecule has 1 saturated carbocycles. The second-order valence-electron chi connectivity index (χ2n) is 9.81. The van der Waals surface area contributed by atoms with E-state index in [-0.39, 0.29) is 37.4 Å². The summed E-state index contributed by atoms with van der Waals surface area (Å²) in [5.74, 6) is -0.377. The van der Waals surface area contributed by atoms with E-state index in [1.165, 1.54) is 10.7 Å². The van der Waals surface area contributed by atoms with Crippen molar-refractivity contribution >= 4 is 50.7 Å². The first kappa shape index (κ1) is 30.3. The van der Waals surface area contributed by atoms with Gasteiger partial charge in [-0.2, -0.15) is 0 Å². The smallest absolute Gasteiger partial charge is 0.243 e. The lowest BCUT2D eigenvalue weighted by atomic mass is 9.95. The Morgan fingerprint density at radius 2 is 1.71 bits per heavy atom. The molecule has 2 amide bonds. The second kappa shape index (κ2) is 14.2. The summed E-state index contributed by atoms with van der Waals surface area (Å²) in [5, 5.41) is 3.95. The van der Waals surface area contributed by atoms with Gasteiger partial charge < -0.3 is 10.2 Å². The Labute approximate surface area is 236 Å². The molecule has 7 nitrogen and oxygen atoms in total. The summed E-state index contributed by atoms with van der Waals surface area (Å²) in [6, 6.07) is 13.5. The standard InChI is InChI=1S/C28H37Cl2N3O4S/c1-3-26(28(35)31-22-11-6-4-7-12-22)32(20-21-16-17-24(29)25(30)19-21)27(34)15-10-18-33(38(2,36)37)23-13-8-5-9-14-23/h5,8-9,13-14,16-17,19,22,26H,3-4,6-7,10-12,15,18,20H2,1-2H3,(H,31,35). The molecule has 2 aromatic rings. The number of hydrogen-bond donors (Lipinski definition) is 1. The van der Waals surface area contributed by atoms with Crippen molar-refractivity contribution in [3.05, 3.63) is 64.1 Å². The first-order valence-electron chi connectivity index (χ1n) is 13.2. The third-order valence-corrected chi connectivity index (χ3v) is 8.80. The number of carbonyl (C=O) groups is 2. The van der Waals surface area contributed by atoms with Crippen molar-refractivity contribution in [2.75, 3.05) is 17.1 Å². The van der Waals surface area contributed by atoms with Crippen LogP contribution in [0.25, 0.3) is 0 Å². The number of hydrogen-bond acceptors (Lipinski definition) is 4. The van der Waals surface area contributed by atoms with E-state index in [1.807, 2.05) is 13.0 Å². The Bertz CT molecular complexity index is 1190. The van der Waals surface area contributed by atoms with Gasteiger partial charge in [0, 0.05) is 25.6 Å². The van der Waals surface area contributed by atoms with Crippen LogP contribution in [0.2, 0.25) is 10.0 Å². The molecule has 38 heavy (non-hydrogen) atoms. The van der Waals surface area contributed by atoms with Gasteiger partial charge in [0.05, 0.1) is 22.0 Å². The maximum absolute atomic E-state index is 13.6. The average Bonchev–Trinajstić information content (AvgIpc) is 2.88. The molecule has 0 saturated heterocycles. The van der Waals surface area contributed by atoms with Crippen molar-refractivity contribution in [1.82, 2.24) is 10.2 Å². The first-order chi connectivity index (χ1) is 18.1. The van der Waals surface area contributed by atoms with Crippen molar-refractivity contribution in [2.45, 2.75) is 76.9 Å². The van der Waals surface area contributed by atoms with Crippen molar-refractivity contribution in [1.29, 1.82) is 0 Å². The van der Waals surface area contributed by atoms with Gasteiger partial charge in [-0.3, -0.25) is 13.9 Å². The minimum atomic E-state index is -3.53. The number of benzene rings is 2. The number of halogens is 2. The molecule has 0 radical (unpaired) electrons. The quantitative estimate of drug-likeness (QED) is 0.343. The molecule has 10 heteroatoms. The number of anilines is 1. The van der Waals surface area contributed by atoms with Crippen molar-refractivity contribution in [3.8, 4) is 0 Å². The molecular formula is C28H37Cl2N3O4S. The minimum Gasteiger partial charge on any atom is -0.352 e. The van der Waals surface area contributed by atoms with Crippen molar-refractivity contribution in [3.63, 3.8) is 0 Å². The van der Waals surface area contributed by atoms with Crippen molar-refractivity contribution < 1.29 is 18.0 Å². The zero-order chi connectivity index (χ0) is 27.7. The van der Waals surface area contributed by atoms with Crippen LogP contribution in [0.1, 0.15) is 63.9 Å². The fraction of sp³-hybridized carbons (Fsp3) is 0.500. The van der Waals surface area contributed by atoms with Crippen LogP contribution in [0.15, 0.2) is 48.5 Å². The van der Waals surface area contributed by atoms with Gasteiger partial charge in [0.15, 0.2) is 0 Å². The molecule has 0 heterocycles. The van der Waals surface area contributed by atoms with Gasteiger partial charge in [-0.05, 0) is 55.5 Å². The number of rotatable bonds is 12. The highest BCUT2D eigenvalue weighted by Crippen LogP contribution is 2.25. The Hall–Kier alpha value is -2.29. The van der Waals surface area contributed by atoms with Crippen LogP contribution in [0.4, 0.5) is 5.69 Å². The number of amides is 2. The molecular weight excluding hydrogens is 545 g/mol. The highest BCUT2D eigenvalue weighted by atomic mass is 35.5. The number of nitrogens with zero attached hydrogens (tertiary/aromatic N) is 2. The zero-order valence-electron chi connectivity index (χ0n) is 22.0. The first-order valence-corrected chi connectivity index (χ1v) is 15.8. The highest BCUT2D eigenvalue weighted by Gasteiger charge is 2.30. The second-order valence-corrected chi connectivity index (χ2v) is 12.5. The molecule has 208 valence electrons. The van der Waals surface area contributed by atoms with E-state index in [4.69, 9.17) is 23.2 Å². The predicted molar refractivity (Wildman–Crippen MR) is 154 cm³/mol. The number of sulfonamides is 1. The normalized spacial score (nSPS) is 15.1. The largest absolute Gasteiger partial charge is 0.352 e. The monoisotopic (exact) mass is 581 g/mol. The van der Waals surface area contributed by atoms with Crippen LogP contribution in [-0.4, -0.2) is 50.0 Å². The van der Waals surface area contributed by atoms with Gasteiger partial charge in [0.1, 0.15) is 6.04 Å². The van der Waals surface area contributed by atoms with Crippen molar-refractivity contribution in [2.24, 2.45) is 0 Å². The van der Waals surface area contributed by atoms with Gasteiger partial charge in [0.25, 0.3) is 0 Å². The van der Waals surface area contributed by atoms with E-state index in [2.05, 4.69) is 5.32 Å². The molecule has 1 fully saturated rings. The highest BCUT2D eigenvalue weighted by molar-refractivity contribution is 7.92. The van der Waals surface area contributed by atoms with Crippen LogP contribution in [-0.2, 0) is 26.2 Å². The summed E-state index contributed by atoms with van der Waals surface area (Å²) in [6.45, 7) is 2.24. The van der Waals surface area contributed by atoms with E-state index in [0.717, 1.165) is 37.5 Å². The molecule has 0 aromatic heterocycles. The molecule has 1 N–H and O–H groups in total. The van der Waals surface area contributed by atoms with Crippen LogP contribution in [0.5, 0.6) is 0 Å². The molecule has 0 bridgehead atoms. The minimum absolute atomic E-state index is 0.0907. The summed E-state index contributed by atoms with van der Waals surface area (Å²) in [7, 11) is -3.53. The maximum atomic E-state index is 13.6. The molecule has 3 rings (SSSR count). The molecule has 1 aliphatic rings. The Morgan fingerprint density at radius 3 is 2.32 bits per heavy atom. The lowest BCUT2D eigenvalue weighted by Crippen LogP contribution is -2.51. The number of para-hydroxylation sites is 1. The molecule has 1 aliphatic carbocycles. The summed E-state index contributed by atoms with van der Waals surface area (Å²) < 4.78 is 26.2. The van der Waals surface area contributed by atoms with Crippen LogP contribution in [0, 0.1) is 0 Å². The summed E-state index contributed by atoms with van der Waals surface area (Å²) >= 11 is 12.3. The lowest BCUT2D eigenvalue weighted by Gasteiger charge is -2.33. The number of carbonyl (C=O) groups excluding carboxylic acids is 2. The lowest BCUT2D eigenvalue weighted by molar-refractivity contribution is -0.141. The molecule has 0 aliphatic heterocycles. The fourth-order valence-electron chi connectivity index (χ4n) is 4.90. The Morgan fingerprint density at radius 1 is 1.03 bits per heavy atom. The Balaban J connectivity index is 1.76. The predicted octanol–water partition coefficient (Wildman–Crippen LogP) is 5.80. The van der Waals surface area contributed by atoms with E-state index < -0.39 is 16.1 Å². The van der Waals surface area contributed by atoms with E-state index in [9.17, 15) is 18.0 Å². The van der Waals surface area contributed by atoms with Gasteiger partial charge in [0.2, 0.25) is 21.8 Å².